The lowest BCUT2D eigenvalue weighted by Crippen LogP contribution is -2.68. The predicted octanol–water partition coefficient (Wildman–Crippen LogP) is -11.1. The van der Waals surface area contributed by atoms with Crippen molar-refractivity contribution < 1.29 is 67.7 Å². The number of H-pyrrole nitrogens is 4. The molecule has 2 heterocycles. The normalized spacial score (nSPS) is 10.0. The molecule has 0 saturated carbocycles. The van der Waals surface area contributed by atoms with Gasteiger partial charge in [0.05, 0.1) is 0 Å². The minimum Gasteiger partial charge on any atom is -0.251 e. The lowest BCUT2D eigenvalue weighted by atomic mass is 11.3. The van der Waals surface area contributed by atoms with Crippen LogP contribution in [0.1, 0.15) is 0 Å². The fourth-order valence-electron chi connectivity index (χ4n) is 0.373. The quantitative estimate of drug-likeness (QED) is 0.457. The smallest absolute Gasteiger partial charge is 0.251 e. The van der Waals surface area contributed by atoms with Crippen LogP contribution >= 0.6 is 0 Å². The summed E-state index contributed by atoms with van der Waals surface area (Å²) in [6.45, 7) is 0. The van der Waals surface area contributed by atoms with E-state index in [2.05, 4.69) is 30.4 Å². The summed E-state index contributed by atoms with van der Waals surface area (Å²) in [5.41, 5.74) is 0. The largest absolute Gasteiger partial charge is 0.262 e. The number of hydrogen-bond acceptors (Lipinski definition) is 10. The van der Waals surface area contributed by atoms with Crippen molar-refractivity contribution in [1.29, 1.82) is 0 Å². The molecule has 0 spiro atoms. The number of halogens is 2. The molecule has 0 unspecified atom stereocenters. The SMILES string of the molecule is [O-][Cl+3]([O-])([O-])[O-].[O-][Cl+3]([O-])([O-])[O-].c1n[nH]c[nH+]1.c1n[nH]c[nH+]1. The predicted molar refractivity (Wildman–Crippen MR) is 30.3 cm³/mol. The molecule has 16 heteroatoms. The molecule has 0 radical (unpaired) electrons. The molecule has 0 aromatic carbocycles. The van der Waals surface area contributed by atoms with Crippen LogP contribution in [0.5, 0.6) is 0 Å². The van der Waals surface area contributed by atoms with E-state index in [9.17, 15) is 0 Å². The minimum atomic E-state index is -4.94. The molecule has 2 aromatic heterocycles. The third kappa shape index (κ3) is 54.8. The monoisotopic (exact) mass is 338 g/mol. The standard InChI is InChI=1S/2C2H3N3.2ClHO4/c2*1-3-2-5-4-1;2*2-1(3,4)5/h2*1-2H,(H,3,4,5);2*(H,2,3,4,5). The number of nitrogens with zero attached hydrogens (tertiary/aromatic N) is 2. The lowest BCUT2D eigenvalue weighted by Gasteiger charge is -2.17. The summed E-state index contributed by atoms with van der Waals surface area (Å²) >= 11 is 0. The van der Waals surface area contributed by atoms with Gasteiger partial charge >= 0.3 is 0 Å². The second kappa shape index (κ2) is 11.4. The van der Waals surface area contributed by atoms with E-state index >= 15 is 0 Å². The van der Waals surface area contributed by atoms with Crippen LogP contribution < -0.4 is 47.2 Å². The van der Waals surface area contributed by atoms with Gasteiger partial charge in [0.1, 0.15) is 0 Å². The average Bonchev–Trinajstić information content (AvgIpc) is 2.92. The molecule has 2 aromatic rings. The Hall–Kier alpha value is -1.46. The Labute approximate surface area is 114 Å². The maximum absolute atomic E-state index is 8.49. The molecule has 0 amide bonds. The molecule has 0 bridgehead atoms. The van der Waals surface area contributed by atoms with Crippen LogP contribution in [-0.4, -0.2) is 20.4 Å². The molecule has 14 nitrogen and oxygen atoms in total. The third-order valence-electron chi connectivity index (χ3n) is 0.723. The van der Waals surface area contributed by atoms with Gasteiger partial charge in [0, 0.05) is 10.2 Å². The summed E-state index contributed by atoms with van der Waals surface area (Å²) in [7, 11) is -9.89. The van der Waals surface area contributed by atoms with Gasteiger partial charge in [0.2, 0.25) is 12.7 Å². The van der Waals surface area contributed by atoms with Gasteiger partial charge in [0.15, 0.2) is 0 Å². The van der Waals surface area contributed by atoms with E-state index in [1.807, 2.05) is 0 Å². The van der Waals surface area contributed by atoms with Crippen LogP contribution in [0.4, 0.5) is 0 Å². The number of rotatable bonds is 0. The molecule has 4 N–H and O–H groups in total. The highest BCUT2D eigenvalue weighted by Gasteiger charge is 1.84. The van der Waals surface area contributed by atoms with Crippen molar-refractivity contribution >= 4 is 0 Å². The summed E-state index contributed by atoms with van der Waals surface area (Å²) < 4.78 is 67.9. The highest BCUT2D eigenvalue weighted by Crippen LogP contribution is 1.50. The second-order valence-electron chi connectivity index (χ2n) is 2.15. The van der Waals surface area contributed by atoms with E-state index in [4.69, 9.17) is 37.3 Å². The Kier molecular flexibility index (Phi) is 11.9. The molecule has 0 aliphatic heterocycles. The number of nitrogens with one attached hydrogen (secondary N) is 4. The van der Waals surface area contributed by atoms with E-state index in [-0.39, 0.29) is 0 Å². The Balaban J connectivity index is 0. The van der Waals surface area contributed by atoms with Crippen molar-refractivity contribution in [3.8, 4) is 0 Å². The Morgan fingerprint density at radius 1 is 0.650 bits per heavy atom. The Morgan fingerprint density at radius 2 is 0.900 bits per heavy atom. The molecule has 0 saturated heterocycles. The van der Waals surface area contributed by atoms with Gasteiger partial charge in [0.25, 0.3) is 12.7 Å². The highest BCUT2D eigenvalue weighted by atomic mass is 35.7. The van der Waals surface area contributed by atoms with Gasteiger partial charge in [-0.15, -0.1) is 30.7 Å². The fourth-order valence-corrected chi connectivity index (χ4v) is 0.373. The van der Waals surface area contributed by atoms with Crippen LogP contribution in [-0.2, 0) is 0 Å². The van der Waals surface area contributed by atoms with Gasteiger partial charge in [-0.1, -0.05) is 0 Å². The number of hydrogen-bond donors (Lipinski definition) is 2. The van der Waals surface area contributed by atoms with Crippen LogP contribution in [0.2, 0.25) is 0 Å². The zero-order chi connectivity index (χ0) is 16.1. The summed E-state index contributed by atoms with van der Waals surface area (Å²) in [5.74, 6) is 0. The Bertz CT molecular complexity index is 288. The van der Waals surface area contributed by atoms with Crippen molar-refractivity contribution in [3.05, 3.63) is 25.3 Å². The number of aromatic nitrogens is 6. The van der Waals surface area contributed by atoms with Gasteiger partial charge in [-0.2, -0.15) is 0 Å². The summed E-state index contributed by atoms with van der Waals surface area (Å²) in [4.78, 5) is 5.39. The first-order chi connectivity index (χ1) is 9.00. The fraction of sp³-hybridized carbons (Fsp3) is 0. The maximum Gasteiger partial charge on any atom is 0.262 e. The van der Waals surface area contributed by atoms with Gasteiger partial charge in [-0.05, 0) is 0 Å². The first-order valence-corrected chi connectivity index (χ1v) is 6.40. The molecule has 20 heavy (non-hydrogen) atoms. The lowest BCUT2D eigenvalue weighted by molar-refractivity contribution is -2.00. The molecule has 0 atom stereocenters. The van der Waals surface area contributed by atoms with Crippen molar-refractivity contribution in [2.24, 2.45) is 0 Å². The molecular formula is C4H8Cl2N6O8. The minimum absolute atomic E-state index is 1.57. The maximum atomic E-state index is 8.49. The summed E-state index contributed by atoms with van der Waals surface area (Å²) in [6.07, 6.45) is 6.42. The topological polar surface area (TPSA) is 270 Å². The van der Waals surface area contributed by atoms with Crippen molar-refractivity contribution in [3.63, 3.8) is 0 Å². The van der Waals surface area contributed by atoms with Crippen LogP contribution in [0.25, 0.3) is 0 Å². The van der Waals surface area contributed by atoms with E-state index in [1.165, 1.54) is 0 Å². The van der Waals surface area contributed by atoms with Crippen molar-refractivity contribution in [2.75, 3.05) is 0 Å². The zero-order valence-corrected chi connectivity index (χ0v) is 10.7. The van der Waals surface area contributed by atoms with E-state index < -0.39 is 20.5 Å². The molecule has 116 valence electrons. The molecule has 2 rings (SSSR count). The van der Waals surface area contributed by atoms with Crippen molar-refractivity contribution in [1.82, 2.24) is 20.4 Å². The van der Waals surface area contributed by atoms with Gasteiger partial charge in [-0.3, -0.25) is 9.97 Å². The van der Waals surface area contributed by atoms with Crippen LogP contribution in [0, 0.1) is 20.5 Å². The molecular weight excluding hydrogens is 331 g/mol. The highest BCUT2D eigenvalue weighted by molar-refractivity contribution is 4.23. The molecule has 0 aliphatic carbocycles. The molecule has 0 aliphatic rings. The van der Waals surface area contributed by atoms with Crippen molar-refractivity contribution in [2.45, 2.75) is 0 Å². The Morgan fingerprint density at radius 3 is 0.950 bits per heavy atom. The van der Waals surface area contributed by atoms with Gasteiger partial charge in [-0.25, -0.2) is 37.3 Å². The first-order valence-electron chi connectivity index (χ1n) is 3.93. The summed E-state index contributed by atoms with van der Waals surface area (Å²) in [6, 6.07) is 0. The van der Waals surface area contributed by atoms with Gasteiger partial charge < -0.3 is 0 Å². The molecule has 0 fully saturated rings. The second-order valence-corrected chi connectivity index (χ2v) is 3.66. The summed E-state index contributed by atoms with van der Waals surface area (Å²) in [5, 5.41) is 12.2. The van der Waals surface area contributed by atoms with Crippen LogP contribution in [0.3, 0.4) is 0 Å². The van der Waals surface area contributed by atoms with E-state index in [1.54, 1.807) is 25.3 Å². The van der Waals surface area contributed by atoms with Crippen LogP contribution in [0.15, 0.2) is 25.3 Å². The van der Waals surface area contributed by atoms with E-state index in [0.29, 0.717) is 0 Å². The van der Waals surface area contributed by atoms with E-state index in [0.717, 1.165) is 0 Å². The third-order valence-corrected chi connectivity index (χ3v) is 0.723. The first kappa shape index (κ1) is 20.8. The average molecular weight is 339 g/mol. The zero-order valence-electron chi connectivity index (χ0n) is 9.23. The number of aromatic amines is 4.